The second-order valence-corrected chi connectivity index (χ2v) is 5.32. The van der Waals surface area contributed by atoms with Gasteiger partial charge in [-0.3, -0.25) is 10.1 Å². The maximum atomic E-state index is 11.1. The summed E-state index contributed by atoms with van der Waals surface area (Å²) < 4.78 is 11.6. The molecule has 0 radical (unpaired) electrons. The number of nitro groups is 1. The van der Waals surface area contributed by atoms with Crippen molar-refractivity contribution in [3.05, 3.63) is 51.0 Å². The molecule has 1 N–H and O–H groups in total. The summed E-state index contributed by atoms with van der Waals surface area (Å²) >= 11 is 3.23. The number of rotatable bonds is 3. The second-order valence-electron chi connectivity index (χ2n) is 4.40. The molecule has 0 aromatic heterocycles. The quantitative estimate of drug-likeness (QED) is 0.671. The summed E-state index contributed by atoms with van der Waals surface area (Å²) in [5.41, 5.74) is 1.11. The third kappa shape index (κ3) is 2.92. The molecule has 0 spiro atoms. The smallest absolute Gasteiger partial charge is 0.293 e. The first kappa shape index (κ1) is 13.7. The number of benzene rings is 2. The fraction of sp³-hybridized carbons (Fsp3) is 0.143. The lowest BCUT2D eigenvalue weighted by molar-refractivity contribution is -0.384. The maximum Gasteiger partial charge on any atom is 0.293 e. The summed E-state index contributed by atoms with van der Waals surface area (Å²) in [6.07, 6.45) is 0. The molecule has 0 fully saturated rings. The van der Waals surface area contributed by atoms with Crippen molar-refractivity contribution < 1.29 is 14.4 Å². The van der Waals surface area contributed by atoms with E-state index in [2.05, 4.69) is 21.2 Å². The van der Waals surface area contributed by atoms with Crippen LogP contribution in [0, 0.1) is 10.1 Å². The average molecular weight is 351 g/mol. The molecule has 2 aromatic rings. The van der Waals surface area contributed by atoms with Crippen LogP contribution in [-0.4, -0.2) is 18.1 Å². The Hall–Kier alpha value is -2.28. The van der Waals surface area contributed by atoms with Gasteiger partial charge in [-0.1, -0.05) is 15.9 Å². The fourth-order valence-electron chi connectivity index (χ4n) is 2.04. The lowest BCUT2D eigenvalue weighted by atomic mass is 10.2. The van der Waals surface area contributed by atoms with E-state index in [0.29, 0.717) is 40.6 Å². The lowest BCUT2D eigenvalue weighted by Crippen LogP contribution is -2.15. The zero-order valence-electron chi connectivity index (χ0n) is 10.8. The summed E-state index contributed by atoms with van der Waals surface area (Å²) in [6.45, 7) is 1.02. The molecule has 108 valence electrons. The number of anilines is 2. The predicted molar refractivity (Wildman–Crippen MR) is 81.5 cm³/mol. The molecule has 1 heterocycles. The molecule has 0 unspecified atom stereocenters. The maximum absolute atomic E-state index is 11.1. The van der Waals surface area contributed by atoms with Gasteiger partial charge >= 0.3 is 0 Å². The highest BCUT2D eigenvalue weighted by Gasteiger charge is 2.16. The van der Waals surface area contributed by atoms with Crippen LogP contribution in [0.3, 0.4) is 0 Å². The highest BCUT2D eigenvalue weighted by molar-refractivity contribution is 9.10. The number of nitrogens with zero attached hydrogens (tertiary/aromatic N) is 1. The molecular weight excluding hydrogens is 340 g/mol. The molecule has 0 amide bonds. The van der Waals surface area contributed by atoms with Crippen molar-refractivity contribution in [3.63, 3.8) is 0 Å². The topological polar surface area (TPSA) is 73.6 Å². The zero-order valence-corrected chi connectivity index (χ0v) is 12.4. The van der Waals surface area contributed by atoms with Crippen LogP contribution >= 0.6 is 15.9 Å². The highest BCUT2D eigenvalue weighted by Crippen LogP contribution is 2.35. The molecule has 1 aliphatic heterocycles. The van der Waals surface area contributed by atoms with Crippen LogP contribution in [0.2, 0.25) is 0 Å². The van der Waals surface area contributed by atoms with E-state index in [1.165, 1.54) is 6.07 Å². The molecule has 21 heavy (non-hydrogen) atoms. The Labute approximate surface area is 129 Å². The third-order valence-corrected chi connectivity index (χ3v) is 3.47. The third-order valence-electron chi connectivity index (χ3n) is 2.98. The highest BCUT2D eigenvalue weighted by atomic mass is 79.9. The SMILES string of the molecule is O=[N+]([O-])c1cc(Br)ccc1Nc1ccc2c(c1)OCCO2. The van der Waals surface area contributed by atoms with E-state index in [1.54, 1.807) is 30.3 Å². The number of hydrogen-bond donors (Lipinski definition) is 1. The first-order chi connectivity index (χ1) is 10.1. The van der Waals surface area contributed by atoms with Crippen molar-refractivity contribution in [2.24, 2.45) is 0 Å². The van der Waals surface area contributed by atoms with Crippen molar-refractivity contribution in [2.45, 2.75) is 0 Å². The molecule has 0 aliphatic carbocycles. The van der Waals surface area contributed by atoms with E-state index in [4.69, 9.17) is 9.47 Å². The van der Waals surface area contributed by atoms with Gasteiger partial charge in [-0.2, -0.15) is 0 Å². The summed E-state index contributed by atoms with van der Waals surface area (Å²) in [5.74, 6) is 1.31. The summed E-state index contributed by atoms with van der Waals surface area (Å²) in [6, 6.07) is 10.2. The number of nitrogens with one attached hydrogen (secondary N) is 1. The Morgan fingerprint density at radius 2 is 1.86 bits per heavy atom. The minimum Gasteiger partial charge on any atom is -0.486 e. The van der Waals surface area contributed by atoms with Crippen LogP contribution in [0.5, 0.6) is 11.5 Å². The van der Waals surface area contributed by atoms with Crippen molar-refractivity contribution in [3.8, 4) is 11.5 Å². The molecule has 6 nitrogen and oxygen atoms in total. The van der Waals surface area contributed by atoms with Gasteiger partial charge in [0.2, 0.25) is 0 Å². The molecule has 3 rings (SSSR count). The Kier molecular flexibility index (Phi) is 3.66. The first-order valence-corrected chi connectivity index (χ1v) is 7.03. The van der Waals surface area contributed by atoms with Crippen molar-refractivity contribution >= 4 is 33.0 Å². The van der Waals surface area contributed by atoms with Crippen LogP contribution in [-0.2, 0) is 0 Å². The van der Waals surface area contributed by atoms with E-state index in [-0.39, 0.29) is 5.69 Å². The van der Waals surface area contributed by atoms with Gasteiger partial charge in [0.25, 0.3) is 5.69 Å². The van der Waals surface area contributed by atoms with Crippen LogP contribution < -0.4 is 14.8 Å². The minimum atomic E-state index is -0.425. The summed E-state index contributed by atoms with van der Waals surface area (Å²) in [4.78, 5) is 10.7. The van der Waals surface area contributed by atoms with Gasteiger partial charge in [-0.05, 0) is 24.3 Å². The molecular formula is C14H11BrN2O4. The van der Waals surface area contributed by atoms with Gasteiger partial charge in [0.05, 0.1) is 4.92 Å². The van der Waals surface area contributed by atoms with Gasteiger partial charge in [0, 0.05) is 22.3 Å². The number of halogens is 1. The van der Waals surface area contributed by atoms with Crippen molar-refractivity contribution in [2.75, 3.05) is 18.5 Å². The van der Waals surface area contributed by atoms with E-state index in [9.17, 15) is 10.1 Å². The van der Waals surface area contributed by atoms with Gasteiger partial charge in [-0.25, -0.2) is 0 Å². The van der Waals surface area contributed by atoms with Crippen molar-refractivity contribution in [1.82, 2.24) is 0 Å². The molecule has 0 saturated heterocycles. The summed E-state index contributed by atoms with van der Waals surface area (Å²) in [5, 5.41) is 14.1. The summed E-state index contributed by atoms with van der Waals surface area (Å²) in [7, 11) is 0. The standard InChI is InChI=1S/C14H11BrN2O4/c15-9-1-3-11(12(7-9)17(18)19)16-10-2-4-13-14(8-10)21-6-5-20-13/h1-4,7-8,16H,5-6H2. The molecule has 0 saturated carbocycles. The second kappa shape index (κ2) is 5.61. The first-order valence-electron chi connectivity index (χ1n) is 6.24. The molecule has 1 aliphatic rings. The van der Waals surface area contributed by atoms with Crippen molar-refractivity contribution in [1.29, 1.82) is 0 Å². The minimum absolute atomic E-state index is 0.000681. The Morgan fingerprint density at radius 1 is 1.10 bits per heavy atom. The van der Waals surface area contributed by atoms with Gasteiger partial charge < -0.3 is 14.8 Å². The monoisotopic (exact) mass is 350 g/mol. The van der Waals surface area contributed by atoms with Gasteiger partial charge in [0.15, 0.2) is 11.5 Å². The predicted octanol–water partition coefficient (Wildman–Crippen LogP) is 3.87. The Morgan fingerprint density at radius 3 is 2.62 bits per heavy atom. The zero-order chi connectivity index (χ0) is 14.8. The van der Waals surface area contributed by atoms with E-state index in [0.717, 1.165) is 0 Å². The molecule has 2 aromatic carbocycles. The van der Waals surface area contributed by atoms with Crippen LogP contribution in [0.25, 0.3) is 0 Å². The van der Waals surface area contributed by atoms with Gasteiger partial charge in [-0.15, -0.1) is 0 Å². The normalized spacial score (nSPS) is 12.8. The Bertz CT molecular complexity index is 705. The number of fused-ring (bicyclic) bond motifs is 1. The molecule has 0 atom stereocenters. The van der Waals surface area contributed by atoms with E-state index in [1.807, 2.05) is 0 Å². The van der Waals surface area contributed by atoms with E-state index < -0.39 is 4.92 Å². The number of hydrogen-bond acceptors (Lipinski definition) is 5. The Balaban J connectivity index is 1.92. The average Bonchev–Trinajstić information content (AvgIpc) is 2.49. The van der Waals surface area contributed by atoms with E-state index >= 15 is 0 Å². The largest absolute Gasteiger partial charge is 0.486 e. The molecule has 0 bridgehead atoms. The van der Waals surface area contributed by atoms with Crippen LogP contribution in [0.4, 0.5) is 17.1 Å². The lowest BCUT2D eigenvalue weighted by Gasteiger charge is -2.19. The van der Waals surface area contributed by atoms with Crippen LogP contribution in [0.1, 0.15) is 0 Å². The van der Waals surface area contributed by atoms with Gasteiger partial charge in [0.1, 0.15) is 18.9 Å². The number of nitro benzene ring substituents is 1. The fourth-order valence-corrected chi connectivity index (χ4v) is 2.39. The number of ether oxygens (including phenoxy) is 2. The van der Waals surface area contributed by atoms with Crippen LogP contribution in [0.15, 0.2) is 40.9 Å². The molecule has 7 heteroatoms.